The molecule has 1 unspecified atom stereocenters. The average Bonchev–Trinajstić information content (AvgIpc) is 2.54. The predicted molar refractivity (Wildman–Crippen MR) is 89.5 cm³/mol. The molecule has 0 radical (unpaired) electrons. The Morgan fingerprint density at radius 2 is 1.29 bits per heavy atom. The van der Waals surface area contributed by atoms with E-state index in [1.165, 1.54) is 30.4 Å². The van der Waals surface area contributed by atoms with Gasteiger partial charge in [0.05, 0.1) is 6.10 Å². The summed E-state index contributed by atoms with van der Waals surface area (Å²) in [5.41, 5.74) is 2.40. The molecule has 2 rings (SSSR count). The third-order valence-electron chi connectivity index (χ3n) is 4.06. The molecule has 2 aromatic carbocycles. The van der Waals surface area contributed by atoms with Gasteiger partial charge in [-0.15, -0.1) is 0 Å². The Labute approximate surface area is 128 Å². The minimum absolute atomic E-state index is 0.0778. The highest BCUT2D eigenvalue weighted by atomic mass is 16.3. The van der Waals surface area contributed by atoms with E-state index in [9.17, 15) is 5.11 Å². The first kappa shape index (κ1) is 15.8. The molecule has 0 aliphatic carbocycles. The van der Waals surface area contributed by atoms with E-state index in [1.54, 1.807) is 0 Å². The standard InChI is InChI=1S/C20H26O/c1-2-3-4-11-16-19(21)20(17-12-7-5-8-13-17)18-14-9-6-10-15-18/h5-10,12-15,19-21H,2-4,11,16H2,1H3. The summed E-state index contributed by atoms with van der Waals surface area (Å²) in [5.74, 6) is 0.0778. The van der Waals surface area contributed by atoms with Gasteiger partial charge >= 0.3 is 0 Å². The molecule has 1 N–H and O–H groups in total. The molecule has 1 nitrogen and oxygen atoms in total. The van der Waals surface area contributed by atoms with Crippen LogP contribution in [0.1, 0.15) is 56.1 Å². The number of hydrogen-bond acceptors (Lipinski definition) is 1. The van der Waals surface area contributed by atoms with Gasteiger partial charge in [0, 0.05) is 5.92 Å². The fraction of sp³-hybridized carbons (Fsp3) is 0.400. The van der Waals surface area contributed by atoms with E-state index >= 15 is 0 Å². The Morgan fingerprint density at radius 3 is 1.76 bits per heavy atom. The van der Waals surface area contributed by atoms with Gasteiger partial charge in [-0.2, -0.15) is 0 Å². The van der Waals surface area contributed by atoms with Crippen LogP contribution in [0.2, 0.25) is 0 Å². The Morgan fingerprint density at radius 1 is 0.762 bits per heavy atom. The van der Waals surface area contributed by atoms with Crippen LogP contribution in [-0.4, -0.2) is 11.2 Å². The molecule has 0 spiro atoms. The van der Waals surface area contributed by atoms with E-state index in [1.807, 2.05) is 12.1 Å². The van der Waals surface area contributed by atoms with Gasteiger partial charge < -0.3 is 5.11 Å². The number of rotatable bonds is 8. The number of unbranched alkanes of at least 4 members (excludes halogenated alkanes) is 3. The first-order valence-electron chi connectivity index (χ1n) is 8.11. The van der Waals surface area contributed by atoms with Crippen LogP contribution < -0.4 is 0 Å². The second kappa shape index (κ2) is 8.63. The molecule has 1 heteroatoms. The average molecular weight is 282 g/mol. The minimum atomic E-state index is -0.313. The number of aliphatic hydroxyl groups is 1. The summed E-state index contributed by atoms with van der Waals surface area (Å²) in [4.78, 5) is 0. The van der Waals surface area contributed by atoms with E-state index in [0.717, 1.165) is 12.8 Å². The van der Waals surface area contributed by atoms with Gasteiger partial charge in [0.25, 0.3) is 0 Å². The minimum Gasteiger partial charge on any atom is -0.392 e. The zero-order valence-corrected chi connectivity index (χ0v) is 12.9. The van der Waals surface area contributed by atoms with E-state index in [-0.39, 0.29) is 12.0 Å². The summed E-state index contributed by atoms with van der Waals surface area (Å²) in [7, 11) is 0. The van der Waals surface area contributed by atoms with Crippen molar-refractivity contribution < 1.29 is 5.11 Å². The van der Waals surface area contributed by atoms with Gasteiger partial charge in [0.15, 0.2) is 0 Å². The van der Waals surface area contributed by atoms with Crippen LogP contribution in [0.4, 0.5) is 0 Å². The summed E-state index contributed by atoms with van der Waals surface area (Å²) < 4.78 is 0. The van der Waals surface area contributed by atoms with Crippen LogP contribution >= 0.6 is 0 Å². The second-order valence-electron chi connectivity index (χ2n) is 5.72. The molecule has 0 aliphatic rings. The first-order chi connectivity index (χ1) is 10.3. The van der Waals surface area contributed by atoms with Crippen molar-refractivity contribution in [3.63, 3.8) is 0 Å². The van der Waals surface area contributed by atoms with Crippen LogP contribution in [0.3, 0.4) is 0 Å². The smallest absolute Gasteiger partial charge is 0.0649 e. The van der Waals surface area contributed by atoms with Crippen LogP contribution in [0, 0.1) is 0 Å². The molecule has 0 fully saturated rings. The van der Waals surface area contributed by atoms with E-state index in [2.05, 4.69) is 55.5 Å². The molecule has 1 atom stereocenters. The number of aliphatic hydroxyl groups excluding tert-OH is 1. The lowest BCUT2D eigenvalue weighted by Crippen LogP contribution is -2.19. The monoisotopic (exact) mass is 282 g/mol. The van der Waals surface area contributed by atoms with Crippen LogP contribution in [0.25, 0.3) is 0 Å². The Balaban J connectivity index is 2.13. The van der Waals surface area contributed by atoms with Gasteiger partial charge in [-0.1, -0.05) is 93.3 Å². The number of hydrogen-bond donors (Lipinski definition) is 1. The summed E-state index contributed by atoms with van der Waals surface area (Å²) in [6, 6.07) is 20.7. The predicted octanol–water partition coefficient (Wildman–Crippen LogP) is 5.15. The van der Waals surface area contributed by atoms with Crippen molar-refractivity contribution in [2.24, 2.45) is 0 Å². The van der Waals surface area contributed by atoms with Gasteiger partial charge in [-0.3, -0.25) is 0 Å². The van der Waals surface area contributed by atoms with Gasteiger partial charge in [0.1, 0.15) is 0 Å². The lowest BCUT2D eigenvalue weighted by atomic mass is 9.84. The zero-order chi connectivity index (χ0) is 14.9. The van der Waals surface area contributed by atoms with Crippen LogP contribution in [-0.2, 0) is 0 Å². The molecule has 0 aliphatic heterocycles. The molecule has 2 aromatic rings. The molecular formula is C20H26O. The Kier molecular flexibility index (Phi) is 6.49. The SMILES string of the molecule is CCCCCCC(O)C(c1ccccc1)c1ccccc1. The van der Waals surface area contributed by atoms with E-state index < -0.39 is 0 Å². The van der Waals surface area contributed by atoms with Crippen molar-refractivity contribution in [2.75, 3.05) is 0 Å². The largest absolute Gasteiger partial charge is 0.392 e. The van der Waals surface area contributed by atoms with Crippen molar-refractivity contribution in [3.05, 3.63) is 71.8 Å². The maximum atomic E-state index is 10.7. The molecule has 112 valence electrons. The highest BCUT2D eigenvalue weighted by Gasteiger charge is 2.22. The van der Waals surface area contributed by atoms with Crippen LogP contribution in [0.5, 0.6) is 0 Å². The fourth-order valence-electron chi connectivity index (χ4n) is 2.90. The van der Waals surface area contributed by atoms with E-state index in [0.29, 0.717) is 0 Å². The van der Waals surface area contributed by atoms with Gasteiger partial charge in [0.2, 0.25) is 0 Å². The van der Waals surface area contributed by atoms with Crippen LogP contribution in [0.15, 0.2) is 60.7 Å². The third kappa shape index (κ3) is 4.71. The third-order valence-corrected chi connectivity index (χ3v) is 4.06. The lowest BCUT2D eigenvalue weighted by Gasteiger charge is -2.24. The van der Waals surface area contributed by atoms with Gasteiger partial charge in [-0.25, -0.2) is 0 Å². The highest BCUT2D eigenvalue weighted by molar-refractivity contribution is 5.33. The molecule has 0 aromatic heterocycles. The summed E-state index contributed by atoms with van der Waals surface area (Å²) in [6.45, 7) is 2.22. The van der Waals surface area contributed by atoms with Gasteiger partial charge in [-0.05, 0) is 17.5 Å². The van der Waals surface area contributed by atoms with Crippen molar-refractivity contribution >= 4 is 0 Å². The molecule has 21 heavy (non-hydrogen) atoms. The zero-order valence-electron chi connectivity index (χ0n) is 12.9. The van der Waals surface area contributed by atoms with Crippen molar-refractivity contribution in [3.8, 4) is 0 Å². The summed E-state index contributed by atoms with van der Waals surface area (Å²) in [6.07, 6.45) is 5.36. The second-order valence-corrected chi connectivity index (χ2v) is 5.72. The Bertz CT molecular complexity index is 452. The maximum absolute atomic E-state index is 10.7. The molecule has 0 heterocycles. The fourth-order valence-corrected chi connectivity index (χ4v) is 2.90. The topological polar surface area (TPSA) is 20.2 Å². The summed E-state index contributed by atoms with van der Waals surface area (Å²) >= 11 is 0. The van der Waals surface area contributed by atoms with Crippen molar-refractivity contribution in [2.45, 2.75) is 51.0 Å². The molecule has 0 bridgehead atoms. The highest BCUT2D eigenvalue weighted by Crippen LogP contribution is 2.30. The summed E-state index contributed by atoms with van der Waals surface area (Å²) in [5, 5.41) is 10.7. The molecule has 0 amide bonds. The Hall–Kier alpha value is -1.60. The van der Waals surface area contributed by atoms with Crippen molar-refractivity contribution in [1.82, 2.24) is 0 Å². The van der Waals surface area contributed by atoms with Crippen molar-refractivity contribution in [1.29, 1.82) is 0 Å². The molecule has 0 saturated carbocycles. The normalized spacial score (nSPS) is 12.5. The molecular weight excluding hydrogens is 256 g/mol. The number of benzene rings is 2. The van der Waals surface area contributed by atoms with E-state index in [4.69, 9.17) is 0 Å². The lowest BCUT2D eigenvalue weighted by molar-refractivity contribution is 0.143. The first-order valence-corrected chi connectivity index (χ1v) is 8.11. The molecule has 0 saturated heterocycles. The quantitative estimate of drug-likeness (QED) is 0.664. The maximum Gasteiger partial charge on any atom is 0.0649 e.